The number of halogens is 2. The lowest BCUT2D eigenvalue weighted by atomic mass is 10.3. The van der Waals surface area contributed by atoms with E-state index < -0.39 is 5.82 Å². The van der Waals surface area contributed by atoms with Crippen LogP contribution in [0.2, 0.25) is 5.02 Å². The van der Waals surface area contributed by atoms with E-state index >= 15 is 0 Å². The minimum absolute atomic E-state index is 0.171. The van der Waals surface area contributed by atoms with Crippen molar-refractivity contribution in [1.29, 1.82) is 0 Å². The van der Waals surface area contributed by atoms with Crippen molar-refractivity contribution in [3.63, 3.8) is 0 Å². The summed E-state index contributed by atoms with van der Waals surface area (Å²) in [4.78, 5) is 11.8. The van der Waals surface area contributed by atoms with Crippen LogP contribution in [-0.2, 0) is 0 Å². The van der Waals surface area contributed by atoms with E-state index in [-0.39, 0.29) is 17.3 Å². The maximum Gasteiger partial charge on any atom is 0.186 e. The molecule has 0 bridgehead atoms. The van der Waals surface area contributed by atoms with Gasteiger partial charge in [-0.05, 0) is 19.1 Å². The van der Waals surface area contributed by atoms with Crippen LogP contribution in [0.4, 0.5) is 10.2 Å². The second-order valence-corrected chi connectivity index (χ2v) is 3.57. The Morgan fingerprint density at radius 1 is 1.38 bits per heavy atom. The molecule has 0 atom stereocenters. The molecule has 0 spiro atoms. The van der Waals surface area contributed by atoms with Crippen LogP contribution in [0.1, 0.15) is 5.69 Å². The first-order valence-electron chi connectivity index (χ1n) is 4.50. The van der Waals surface area contributed by atoms with Crippen LogP contribution in [0.5, 0.6) is 0 Å². The summed E-state index contributed by atoms with van der Waals surface area (Å²) in [7, 11) is 0. The molecule has 2 N–H and O–H groups in total. The lowest BCUT2D eigenvalue weighted by Gasteiger charge is -2.05. The molecule has 0 unspecified atom stereocenters. The average Bonchev–Trinajstić information content (AvgIpc) is 2.26. The van der Waals surface area contributed by atoms with Gasteiger partial charge in [-0.1, -0.05) is 11.6 Å². The Hall–Kier alpha value is -1.75. The summed E-state index contributed by atoms with van der Waals surface area (Å²) in [6.45, 7) is 1.51. The maximum absolute atomic E-state index is 13.2. The lowest BCUT2D eigenvalue weighted by Crippen LogP contribution is -2.03. The van der Waals surface area contributed by atoms with Gasteiger partial charge in [-0.3, -0.25) is 4.98 Å². The number of nitrogens with zero attached hydrogens (tertiary/aromatic N) is 3. The third-order valence-corrected chi connectivity index (χ3v) is 2.32. The van der Waals surface area contributed by atoms with Crippen LogP contribution >= 0.6 is 11.6 Å². The summed E-state index contributed by atoms with van der Waals surface area (Å²) in [6.07, 6.45) is 1.56. The fraction of sp³-hybridized carbons (Fsp3) is 0.100. The predicted molar refractivity (Wildman–Crippen MR) is 59.4 cm³/mol. The van der Waals surface area contributed by atoms with Gasteiger partial charge in [-0.15, -0.1) is 0 Å². The zero-order valence-electron chi connectivity index (χ0n) is 8.41. The summed E-state index contributed by atoms with van der Waals surface area (Å²) in [5, 5.41) is 0.396. The molecule has 4 nitrogen and oxygen atoms in total. The molecule has 2 heterocycles. The Morgan fingerprint density at radius 3 is 2.75 bits per heavy atom. The van der Waals surface area contributed by atoms with Crippen molar-refractivity contribution in [1.82, 2.24) is 15.0 Å². The number of hydrogen-bond donors (Lipinski definition) is 1. The molecule has 0 aliphatic rings. The van der Waals surface area contributed by atoms with Gasteiger partial charge in [0.15, 0.2) is 17.5 Å². The van der Waals surface area contributed by atoms with Crippen LogP contribution in [0.3, 0.4) is 0 Å². The first-order valence-corrected chi connectivity index (χ1v) is 4.88. The molecule has 0 amide bonds. The van der Waals surface area contributed by atoms with Gasteiger partial charge < -0.3 is 5.73 Å². The summed E-state index contributed by atoms with van der Waals surface area (Å²) in [5.74, 6) is -0.595. The minimum atomic E-state index is -0.615. The van der Waals surface area contributed by atoms with Crippen molar-refractivity contribution in [2.45, 2.75) is 6.92 Å². The highest BCUT2D eigenvalue weighted by molar-refractivity contribution is 6.32. The van der Waals surface area contributed by atoms with E-state index in [2.05, 4.69) is 15.0 Å². The normalized spacial score (nSPS) is 10.4. The third kappa shape index (κ3) is 1.81. The van der Waals surface area contributed by atoms with E-state index in [1.54, 1.807) is 18.3 Å². The highest BCUT2D eigenvalue weighted by Crippen LogP contribution is 2.23. The molecule has 82 valence electrons. The zero-order chi connectivity index (χ0) is 11.7. The van der Waals surface area contributed by atoms with Crippen molar-refractivity contribution in [2.24, 2.45) is 0 Å². The molecule has 0 fully saturated rings. The van der Waals surface area contributed by atoms with E-state index in [0.717, 1.165) is 0 Å². The van der Waals surface area contributed by atoms with Crippen molar-refractivity contribution in [3.05, 3.63) is 34.9 Å². The molecule has 0 aromatic carbocycles. The topological polar surface area (TPSA) is 64.7 Å². The van der Waals surface area contributed by atoms with E-state index in [1.165, 1.54) is 6.92 Å². The van der Waals surface area contributed by atoms with Gasteiger partial charge in [0.2, 0.25) is 0 Å². The van der Waals surface area contributed by atoms with Crippen LogP contribution in [0, 0.1) is 12.7 Å². The number of nitrogens with two attached hydrogens (primary N) is 1. The van der Waals surface area contributed by atoms with Crippen LogP contribution in [0.25, 0.3) is 11.5 Å². The summed E-state index contributed by atoms with van der Waals surface area (Å²) >= 11 is 5.93. The maximum atomic E-state index is 13.2. The van der Waals surface area contributed by atoms with Crippen LogP contribution < -0.4 is 5.73 Å². The van der Waals surface area contributed by atoms with Crippen LogP contribution in [-0.4, -0.2) is 15.0 Å². The van der Waals surface area contributed by atoms with Crippen LogP contribution in [0.15, 0.2) is 18.3 Å². The van der Waals surface area contributed by atoms with E-state index in [1.807, 2.05) is 0 Å². The number of pyridine rings is 1. The molecule has 0 aliphatic carbocycles. The third-order valence-electron chi connectivity index (χ3n) is 2.01. The number of anilines is 1. The molecular weight excluding hydrogens is 231 g/mol. The Morgan fingerprint density at radius 2 is 2.12 bits per heavy atom. The molecule has 0 radical (unpaired) electrons. The number of aryl methyl sites for hydroxylation is 1. The quantitative estimate of drug-likeness (QED) is 0.827. The smallest absolute Gasteiger partial charge is 0.186 e. The number of aromatic nitrogens is 3. The lowest BCUT2D eigenvalue weighted by molar-refractivity contribution is 0.608. The SMILES string of the molecule is Cc1nc(-c2ncccc2Cl)nc(N)c1F. The predicted octanol–water partition coefficient (Wildman–Crippen LogP) is 2.22. The van der Waals surface area contributed by atoms with E-state index in [9.17, 15) is 4.39 Å². The summed E-state index contributed by atoms with van der Waals surface area (Å²) < 4.78 is 13.2. The average molecular weight is 239 g/mol. The molecule has 2 aromatic heterocycles. The van der Waals surface area contributed by atoms with Crippen molar-refractivity contribution in [2.75, 3.05) is 5.73 Å². The zero-order valence-corrected chi connectivity index (χ0v) is 9.16. The standard InChI is InChI=1S/C10H8ClFN4/c1-5-7(12)9(13)16-10(15-5)8-6(11)3-2-4-14-8/h2-4H,1H3,(H2,13,15,16). The van der Waals surface area contributed by atoms with Gasteiger partial charge in [0, 0.05) is 6.20 Å². The van der Waals surface area contributed by atoms with Crippen molar-refractivity contribution >= 4 is 17.4 Å². The molecule has 6 heteroatoms. The monoisotopic (exact) mass is 238 g/mol. The van der Waals surface area contributed by atoms with Gasteiger partial charge in [-0.2, -0.15) is 0 Å². The Bertz CT molecular complexity index is 521. The molecular formula is C10H8ClFN4. The van der Waals surface area contributed by atoms with Gasteiger partial charge in [0.1, 0.15) is 5.69 Å². The van der Waals surface area contributed by atoms with Crippen molar-refractivity contribution < 1.29 is 4.39 Å². The summed E-state index contributed by atoms with van der Waals surface area (Å²) in [5.41, 5.74) is 5.97. The molecule has 2 aromatic rings. The molecule has 2 rings (SSSR count). The summed E-state index contributed by atoms with van der Waals surface area (Å²) in [6, 6.07) is 3.34. The molecule has 0 saturated heterocycles. The number of rotatable bonds is 1. The highest BCUT2D eigenvalue weighted by atomic mass is 35.5. The minimum Gasteiger partial charge on any atom is -0.381 e. The largest absolute Gasteiger partial charge is 0.381 e. The van der Waals surface area contributed by atoms with Gasteiger partial charge in [-0.25, -0.2) is 14.4 Å². The van der Waals surface area contributed by atoms with E-state index in [4.69, 9.17) is 17.3 Å². The molecule has 0 aliphatic heterocycles. The fourth-order valence-corrected chi connectivity index (χ4v) is 1.44. The number of nitrogen functional groups attached to an aromatic ring is 1. The Kier molecular flexibility index (Phi) is 2.70. The van der Waals surface area contributed by atoms with Gasteiger partial charge >= 0.3 is 0 Å². The van der Waals surface area contributed by atoms with Crippen molar-refractivity contribution in [3.8, 4) is 11.5 Å². The van der Waals surface area contributed by atoms with Gasteiger partial charge in [0.05, 0.1) is 10.7 Å². The fourth-order valence-electron chi connectivity index (χ4n) is 1.24. The first kappa shape index (κ1) is 10.8. The number of hydrogen-bond acceptors (Lipinski definition) is 4. The molecule has 0 saturated carbocycles. The Labute approximate surface area is 96.3 Å². The molecule has 16 heavy (non-hydrogen) atoms. The second-order valence-electron chi connectivity index (χ2n) is 3.17. The Balaban J connectivity index is 2.62. The van der Waals surface area contributed by atoms with Gasteiger partial charge in [0.25, 0.3) is 0 Å². The van der Waals surface area contributed by atoms with E-state index in [0.29, 0.717) is 10.7 Å². The highest BCUT2D eigenvalue weighted by Gasteiger charge is 2.13. The first-order chi connectivity index (χ1) is 7.59. The second kappa shape index (κ2) is 4.02.